The van der Waals surface area contributed by atoms with Crippen LogP contribution in [-0.4, -0.2) is 26.5 Å². The fourth-order valence-electron chi connectivity index (χ4n) is 1.43. The van der Waals surface area contributed by atoms with Crippen molar-refractivity contribution in [3.63, 3.8) is 0 Å². The van der Waals surface area contributed by atoms with Crippen LogP contribution in [0, 0.1) is 13.8 Å². The normalized spacial score (nSPS) is 11.5. The summed E-state index contributed by atoms with van der Waals surface area (Å²) in [5.41, 5.74) is 8.39. The maximum Gasteiger partial charge on any atom is 0.153 e. The highest BCUT2D eigenvalue weighted by molar-refractivity contribution is 7.91. The average Bonchev–Trinajstić information content (AvgIpc) is 2.25. The summed E-state index contributed by atoms with van der Waals surface area (Å²) in [4.78, 5) is 0. The molecule has 0 radical (unpaired) electrons. The molecule has 4 nitrogen and oxygen atoms in total. The molecule has 0 atom stereocenters. The highest BCUT2D eigenvalue weighted by Crippen LogP contribution is 2.24. The van der Waals surface area contributed by atoms with E-state index in [9.17, 15) is 8.42 Å². The summed E-state index contributed by atoms with van der Waals surface area (Å²) in [6.07, 6.45) is 0. The van der Waals surface area contributed by atoms with Gasteiger partial charge in [0.1, 0.15) is 12.4 Å². The van der Waals surface area contributed by atoms with E-state index in [1.165, 1.54) is 0 Å². The lowest BCUT2D eigenvalue weighted by atomic mass is 10.1. The van der Waals surface area contributed by atoms with Crippen molar-refractivity contribution in [3.8, 4) is 5.75 Å². The van der Waals surface area contributed by atoms with Crippen LogP contribution in [0.3, 0.4) is 0 Å². The predicted molar refractivity (Wildman–Crippen MR) is 70.2 cm³/mol. The minimum atomic E-state index is -2.98. The topological polar surface area (TPSA) is 69.4 Å². The third-order valence-corrected chi connectivity index (χ3v) is 4.32. The molecular formula is C12H19NO3S. The molecule has 17 heavy (non-hydrogen) atoms. The second-order valence-electron chi connectivity index (χ2n) is 4.06. The van der Waals surface area contributed by atoms with Crippen LogP contribution in [0.1, 0.15) is 18.1 Å². The van der Waals surface area contributed by atoms with Crippen LogP contribution in [-0.2, 0) is 9.84 Å². The number of aryl methyl sites for hydroxylation is 2. The Morgan fingerprint density at radius 1 is 1.24 bits per heavy atom. The van der Waals surface area contributed by atoms with Crippen LogP contribution >= 0.6 is 0 Å². The summed E-state index contributed by atoms with van der Waals surface area (Å²) in [5.74, 6) is 0.835. The van der Waals surface area contributed by atoms with Gasteiger partial charge in [-0.3, -0.25) is 0 Å². The van der Waals surface area contributed by atoms with E-state index in [1.807, 2.05) is 19.9 Å². The standard InChI is InChI=1S/C12H19NO3S/c1-4-17(14,15)6-5-16-12-8-11(13)9(2)7-10(12)3/h7-8H,4-6,13H2,1-3H3. The molecule has 0 saturated carbocycles. The van der Waals surface area contributed by atoms with Gasteiger partial charge < -0.3 is 10.5 Å². The SMILES string of the molecule is CCS(=O)(=O)CCOc1cc(N)c(C)cc1C. The van der Waals surface area contributed by atoms with E-state index in [0.717, 1.165) is 11.1 Å². The van der Waals surface area contributed by atoms with E-state index < -0.39 is 9.84 Å². The van der Waals surface area contributed by atoms with Crippen molar-refractivity contribution < 1.29 is 13.2 Å². The van der Waals surface area contributed by atoms with E-state index in [1.54, 1.807) is 13.0 Å². The Labute approximate surface area is 103 Å². The van der Waals surface area contributed by atoms with Crippen LogP contribution in [0.2, 0.25) is 0 Å². The summed E-state index contributed by atoms with van der Waals surface area (Å²) in [6.45, 7) is 5.63. The van der Waals surface area contributed by atoms with Gasteiger partial charge in [0.25, 0.3) is 0 Å². The van der Waals surface area contributed by atoms with Crippen molar-refractivity contribution in [1.82, 2.24) is 0 Å². The highest BCUT2D eigenvalue weighted by Gasteiger charge is 2.09. The maximum absolute atomic E-state index is 11.3. The van der Waals surface area contributed by atoms with Gasteiger partial charge in [-0.15, -0.1) is 0 Å². The molecule has 0 bridgehead atoms. The number of hydrogen-bond acceptors (Lipinski definition) is 4. The zero-order chi connectivity index (χ0) is 13.1. The van der Waals surface area contributed by atoms with Crippen LogP contribution in [0.5, 0.6) is 5.75 Å². The number of rotatable bonds is 5. The zero-order valence-electron chi connectivity index (χ0n) is 10.5. The van der Waals surface area contributed by atoms with Crippen molar-refractivity contribution in [2.45, 2.75) is 20.8 Å². The van der Waals surface area contributed by atoms with Crippen molar-refractivity contribution in [2.75, 3.05) is 23.8 Å². The van der Waals surface area contributed by atoms with E-state index >= 15 is 0 Å². The lowest BCUT2D eigenvalue weighted by Crippen LogP contribution is -2.16. The number of hydrogen-bond donors (Lipinski definition) is 1. The first-order valence-electron chi connectivity index (χ1n) is 5.55. The van der Waals surface area contributed by atoms with Gasteiger partial charge in [0.2, 0.25) is 0 Å². The Kier molecular flexibility index (Phi) is 4.40. The number of nitrogens with two attached hydrogens (primary N) is 1. The number of sulfone groups is 1. The molecule has 2 N–H and O–H groups in total. The number of anilines is 1. The lowest BCUT2D eigenvalue weighted by Gasteiger charge is -2.11. The van der Waals surface area contributed by atoms with Gasteiger partial charge in [-0.1, -0.05) is 13.0 Å². The van der Waals surface area contributed by atoms with Crippen molar-refractivity contribution in [2.24, 2.45) is 0 Å². The summed E-state index contributed by atoms with van der Waals surface area (Å²) >= 11 is 0. The zero-order valence-corrected chi connectivity index (χ0v) is 11.3. The Morgan fingerprint density at radius 3 is 2.47 bits per heavy atom. The quantitative estimate of drug-likeness (QED) is 0.815. The highest BCUT2D eigenvalue weighted by atomic mass is 32.2. The van der Waals surface area contributed by atoms with Crippen LogP contribution in [0.4, 0.5) is 5.69 Å². The van der Waals surface area contributed by atoms with Gasteiger partial charge in [0, 0.05) is 17.5 Å². The van der Waals surface area contributed by atoms with Crippen molar-refractivity contribution >= 4 is 15.5 Å². The van der Waals surface area contributed by atoms with Gasteiger partial charge in [-0.2, -0.15) is 0 Å². The minimum absolute atomic E-state index is 0.0384. The summed E-state index contributed by atoms with van der Waals surface area (Å²) in [5, 5.41) is 0. The molecule has 0 heterocycles. The second kappa shape index (κ2) is 5.40. The van der Waals surface area contributed by atoms with Gasteiger partial charge >= 0.3 is 0 Å². The first-order chi connectivity index (χ1) is 7.85. The van der Waals surface area contributed by atoms with Crippen LogP contribution in [0.15, 0.2) is 12.1 Å². The van der Waals surface area contributed by atoms with Crippen molar-refractivity contribution in [1.29, 1.82) is 0 Å². The van der Waals surface area contributed by atoms with Gasteiger partial charge in [-0.25, -0.2) is 8.42 Å². The fraction of sp³-hybridized carbons (Fsp3) is 0.500. The summed E-state index contributed by atoms with van der Waals surface area (Å²) in [7, 11) is -2.98. The smallest absolute Gasteiger partial charge is 0.153 e. The van der Waals surface area contributed by atoms with Crippen LogP contribution in [0.25, 0.3) is 0 Å². The monoisotopic (exact) mass is 257 g/mol. The lowest BCUT2D eigenvalue weighted by molar-refractivity contribution is 0.338. The first-order valence-corrected chi connectivity index (χ1v) is 7.38. The summed E-state index contributed by atoms with van der Waals surface area (Å²) in [6, 6.07) is 3.67. The molecule has 0 unspecified atom stereocenters. The molecule has 5 heteroatoms. The Hall–Kier alpha value is -1.23. The molecule has 0 saturated heterocycles. The van der Waals surface area contributed by atoms with Gasteiger partial charge in [-0.05, 0) is 25.0 Å². The number of benzene rings is 1. The van der Waals surface area contributed by atoms with E-state index in [4.69, 9.17) is 10.5 Å². The molecule has 1 rings (SSSR count). The molecule has 0 aliphatic rings. The molecule has 0 spiro atoms. The molecule has 0 amide bonds. The first kappa shape index (κ1) is 13.8. The third-order valence-electron chi connectivity index (χ3n) is 2.66. The van der Waals surface area contributed by atoms with Gasteiger partial charge in [0.05, 0.1) is 5.75 Å². The summed E-state index contributed by atoms with van der Waals surface area (Å²) < 4.78 is 28.0. The number of ether oxygens (including phenoxy) is 1. The Balaban J connectivity index is 2.68. The molecule has 1 aromatic rings. The van der Waals surface area contributed by atoms with Crippen LogP contribution < -0.4 is 10.5 Å². The average molecular weight is 257 g/mol. The molecule has 0 fully saturated rings. The second-order valence-corrected chi connectivity index (χ2v) is 6.53. The Bertz CT molecular complexity index is 495. The molecule has 1 aromatic carbocycles. The largest absolute Gasteiger partial charge is 0.492 e. The van der Waals surface area contributed by atoms with E-state index in [2.05, 4.69) is 0 Å². The van der Waals surface area contributed by atoms with Gasteiger partial charge in [0.15, 0.2) is 9.84 Å². The molecule has 0 aliphatic carbocycles. The van der Waals surface area contributed by atoms with Crippen molar-refractivity contribution in [3.05, 3.63) is 23.3 Å². The maximum atomic E-state index is 11.3. The van der Waals surface area contributed by atoms with E-state index in [0.29, 0.717) is 11.4 Å². The fourth-order valence-corrected chi connectivity index (χ4v) is 2.05. The third kappa shape index (κ3) is 3.93. The minimum Gasteiger partial charge on any atom is -0.492 e. The molecule has 96 valence electrons. The molecular weight excluding hydrogens is 238 g/mol. The number of nitrogen functional groups attached to an aromatic ring is 1. The van der Waals surface area contributed by atoms with E-state index in [-0.39, 0.29) is 18.1 Å². The molecule has 0 aromatic heterocycles. The Morgan fingerprint density at radius 2 is 1.88 bits per heavy atom. The molecule has 0 aliphatic heterocycles. The predicted octanol–water partition coefficient (Wildman–Crippen LogP) is 1.70.